The van der Waals surface area contributed by atoms with E-state index < -0.39 is 5.91 Å². The summed E-state index contributed by atoms with van der Waals surface area (Å²) in [6.45, 7) is 2.70. The number of nitrogens with zero attached hydrogens (tertiary/aromatic N) is 1. The van der Waals surface area contributed by atoms with Crippen molar-refractivity contribution < 1.29 is 19.0 Å². The molecule has 0 aliphatic carbocycles. The van der Waals surface area contributed by atoms with Crippen molar-refractivity contribution in [1.29, 1.82) is 5.26 Å². The van der Waals surface area contributed by atoms with Crippen LogP contribution in [0.5, 0.6) is 17.2 Å². The van der Waals surface area contributed by atoms with Gasteiger partial charge in [0.05, 0.1) is 21.6 Å². The number of carbonyl (C=O) groups is 1. The summed E-state index contributed by atoms with van der Waals surface area (Å²) in [5, 5.41) is 13.3. The first kappa shape index (κ1) is 30.0. The molecule has 4 aromatic carbocycles. The molecule has 4 aromatic rings. The molecule has 208 valence electrons. The van der Waals surface area contributed by atoms with Gasteiger partial charge in [0, 0.05) is 5.69 Å². The molecule has 0 aliphatic heterocycles. The van der Waals surface area contributed by atoms with Crippen molar-refractivity contribution in [2.45, 2.75) is 20.1 Å². The number of halogens is 3. The number of nitrogens with one attached hydrogen (secondary N) is 1. The smallest absolute Gasteiger partial charge is 0.266 e. The maximum atomic E-state index is 12.9. The van der Waals surface area contributed by atoms with Crippen molar-refractivity contribution >= 4 is 56.8 Å². The Hall–Kier alpha value is -3.96. The van der Waals surface area contributed by atoms with Crippen LogP contribution >= 0.6 is 39.1 Å². The molecule has 0 spiro atoms. The first-order chi connectivity index (χ1) is 19.7. The minimum absolute atomic E-state index is 0.0804. The van der Waals surface area contributed by atoms with E-state index in [4.69, 9.17) is 37.4 Å². The number of hydrogen-bond donors (Lipinski definition) is 1. The molecule has 0 heterocycles. The molecule has 9 heteroatoms. The summed E-state index contributed by atoms with van der Waals surface area (Å²) in [5.41, 5.74) is 4.10. The van der Waals surface area contributed by atoms with Crippen LogP contribution in [0.3, 0.4) is 0 Å². The largest absolute Gasteiger partial charge is 0.493 e. The summed E-state index contributed by atoms with van der Waals surface area (Å²) >= 11 is 15.6. The molecule has 1 N–H and O–H groups in total. The van der Waals surface area contributed by atoms with Gasteiger partial charge in [0.1, 0.15) is 30.6 Å². The third kappa shape index (κ3) is 8.27. The normalized spacial score (nSPS) is 11.0. The maximum absolute atomic E-state index is 12.9. The summed E-state index contributed by atoms with van der Waals surface area (Å²) in [7, 11) is 1.51. The summed E-state index contributed by atoms with van der Waals surface area (Å²) in [6, 6.07) is 25.7. The van der Waals surface area contributed by atoms with Crippen LogP contribution in [0.15, 0.2) is 88.9 Å². The van der Waals surface area contributed by atoms with E-state index in [1.807, 2.05) is 43.3 Å². The molecule has 0 aliphatic rings. The molecular formula is C32H25BrCl2N2O4. The summed E-state index contributed by atoms with van der Waals surface area (Å²) in [5.74, 6) is 1.00. The van der Waals surface area contributed by atoms with Gasteiger partial charge in [0.2, 0.25) is 0 Å². The van der Waals surface area contributed by atoms with E-state index in [-0.39, 0.29) is 12.2 Å². The monoisotopic (exact) mass is 650 g/mol. The maximum Gasteiger partial charge on any atom is 0.266 e. The number of ether oxygens (including phenoxy) is 3. The lowest BCUT2D eigenvalue weighted by atomic mass is 10.1. The third-order valence-corrected chi connectivity index (χ3v) is 7.26. The van der Waals surface area contributed by atoms with Crippen molar-refractivity contribution in [2.24, 2.45) is 0 Å². The molecule has 4 rings (SSSR count). The zero-order valence-corrected chi connectivity index (χ0v) is 25.3. The molecule has 0 saturated carbocycles. The second-order valence-electron chi connectivity index (χ2n) is 8.99. The average Bonchev–Trinajstić information content (AvgIpc) is 2.97. The van der Waals surface area contributed by atoms with Crippen molar-refractivity contribution in [3.63, 3.8) is 0 Å². The van der Waals surface area contributed by atoms with Gasteiger partial charge in [-0.25, -0.2) is 0 Å². The molecule has 0 unspecified atom stereocenters. The van der Waals surface area contributed by atoms with Gasteiger partial charge >= 0.3 is 0 Å². The van der Waals surface area contributed by atoms with E-state index in [1.165, 1.54) is 18.7 Å². The number of carbonyl (C=O) groups excluding carboxylic acids is 1. The predicted molar refractivity (Wildman–Crippen MR) is 166 cm³/mol. The second kappa shape index (κ2) is 14.1. The Balaban J connectivity index is 1.41. The highest BCUT2D eigenvalue weighted by atomic mass is 79.9. The fourth-order valence-corrected chi connectivity index (χ4v) is 4.64. The van der Waals surface area contributed by atoms with Crippen LogP contribution in [-0.2, 0) is 18.0 Å². The number of amides is 1. The Morgan fingerprint density at radius 1 is 0.927 bits per heavy atom. The fourth-order valence-electron chi connectivity index (χ4n) is 3.75. The van der Waals surface area contributed by atoms with E-state index in [0.717, 1.165) is 11.1 Å². The Kier molecular flexibility index (Phi) is 10.3. The van der Waals surface area contributed by atoms with Gasteiger partial charge in [-0.3, -0.25) is 4.79 Å². The van der Waals surface area contributed by atoms with E-state index in [0.29, 0.717) is 49.6 Å². The third-order valence-electron chi connectivity index (χ3n) is 5.93. The van der Waals surface area contributed by atoms with Crippen molar-refractivity contribution in [3.05, 3.63) is 121 Å². The fraction of sp³-hybridized carbons (Fsp3) is 0.125. The van der Waals surface area contributed by atoms with Gasteiger partial charge < -0.3 is 19.5 Å². The van der Waals surface area contributed by atoms with Crippen molar-refractivity contribution in [3.8, 4) is 23.3 Å². The van der Waals surface area contributed by atoms with Crippen LogP contribution in [0.1, 0.15) is 22.3 Å². The Morgan fingerprint density at radius 3 is 2.27 bits per heavy atom. The lowest BCUT2D eigenvalue weighted by molar-refractivity contribution is -0.112. The Bertz CT molecular complexity index is 1620. The molecule has 0 atom stereocenters. The van der Waals surface area contributed by atoms with Crippen LogP contribution in [-0.4, -0.2) is 13.0 Å². The van der Waals surface area contributed by atoms with Gasteiger partial charge in [-0.1, -0.05) is 59.1 Å². The number of methoxy groups -OCH3 is 1. The SMILES string of the molecule is COc1cc(/C=C(\C#N)C(=O)Nc2ccc(OCc3ccc(C)cc3)cc2)cc(Br)c1OCc1ccc(Cl)c(Cl)c1. The van der Waals surface area contributed by atoms with Gasteiger partial charge in [-0.2, -0.15) is 5.26 Å². The molecular weight excluding hydrogens is 627 g/mol. The first-order valence-corrected chi connectivity index (χ1v) is 14.0. The van der Waals surface area contributed by atoms with E-state index >= 15 is 0 Å². The highest BCUT2D eigenvalue weighted by Gasteiger charge is 2.15. The van der Waals surface area contributed by atoms with Crippen LogP contribution in [0.4, 0.5) is 5.69 Å². The quantitative estimate of drug-likeness (QED) is 0.137. The van der Waals surface area contributed by atoms with Crippen LogP contribution in [0.2, 0.25) is 10.0 Å². The van der Waals surface area contributed by atoms with Gasteiger partial charge in [0.15, 0.2) is 11.5 Å². The number of aryl methyl sites for hydroxylation is 1. The molecule has 6 nitrogen and oxygen atoms in total. The lowest BCUT2D eigenvalue weighted by Crippen LogP contribution is -2.13. The summed E-state index contributed by atoms with van der Waals surface area (Å²) < 4.78 is 17.9. The molecule has 0 saturated heterocycles. The van der Waals surface area contributed by atoms with Gasteiger partial charge in [-0.05, 0) is 94.2 Å². The minimum atomic E-state index is -0.546. The van der Waals surface area contributed by atoms with Crippen LogP contribution < -0.4 is 19.5 Å². The van der Waals surface area contributed by atoms with Crippen molar-refractivity contribution in [1.82, 2.24) is 0 Å². The van der Waals surface area contributed by atoms with Crippen LogP contribution in [0.25, 0.3) is 6.08 Å². The summed E-state index contributed by atoms with van der Waals surface area (Å²) in [4.78, 5) is 12.9. The average molecular weight is 652 g/mol. The predicted octanol–water partition coefficient (Wildman–Crippen LogP) is 8.78. The highest BCUT2D eigenvalue weighted by Crippen LogP contribution is 2.38. The number of rotatable bonds is 10. The van der Waals surface area contributed by atoms with Crippen molar-refractivity contribution in [2.75, 3.05) is 12.4 Å². The number of anilines is 1. The van der Waals surface area contributed by atoms with E-state index in [9.17, 15) is 10.1 Å². The number of benzene rings is 4. The van der Waals surface area contributed by atoms with E-state index in [2.05, 4.69) is 21.2 Å². The molecule has 1 amide bonds. The Labute approximate surface area is 257 Å². The van der Waals surface area contributed by atoms with Gasteiger partial charge in [0.25, 0.3) is 5.91 Å². The lowest BCUT2D eigenvalue weighted by Gasteiger charge is -2.14. The first-order valence-electron chi connectivity index (χ1n) is 12.4. The zero-order chi connectivity index (χ0) is 29.4. The zero-order valence-electron chi connectivity index (χ0n) is 22.2. The molecule has 0 bridgehead atoms. The molecule has 0 radical (unpaired) electrons. The standard InChI is InChI=1S/C32H25BrCl2N2O4/c1-20-3-5-21(6-4-20)18-40-26-10-8-25(9-11-26)37-32(38)24(17-36)13-23-14-27(33)31(30(16-23)39-2)41-19-22-7-12-28(34)29(35)15-22/h3-16H,18-19H2,1-2H3,(H,37,38)/b24-13+. The molecule has 0 fully saturated rings. The second-order valence-corrected chi connectivity index (χ2v) is 10.7. The molecule has 0 aromatic heterocycles. The van der Waals surface area contributed by atoms with E-state index in [1.54, 1.807) is 48.5 Å². The summed E-state index contributed by atoms with van der Waals surface area (Å²) in [6.07, 6.45) is 1.48. The Morgan fingerprint density at radius 2 is 1.61 bits per heavy atom. The number of hydrogen-bond acceptors (Lipinski definition) is 5. The molecule has 41 heavy (non-hydrogen) atoms. The van der Waals surface area contributed by atoms with Gasteiger partial charge in [-0.15, -0.1) is 0 Å². The van der Waals surface area contributed by atoms with Crippen LogP contribution in [0, 0.1) is 18.3 Å². The number of nitriles is 1. The highest BCUT2D eigenvalue weighted by molar-refractivity contribution is 9.10. The topological polar surface area (TPSA) is 80.6 Å². The minimum Gasteiger partial charge on any atom is -0.493 e.